The summed E-state index contributed by atoms with van der Waals surface area (Å²) < 4.78 is 19.3. The molecule has 4 nitrogen and oxygen atoms in total. The van der Waals surface area contributed by atoms with Gasteiger partial charge in [-0.3, -0.25) is 0 Å². The van der Waals surface area contributed by atoms with Crippen LogP contribution in [0.1, 0.15) is 46.5 Å². The highest BCUT2D eigenvalue weighted by Gasteiger charge is 2.46. The monoisotopic (exact) mass is 368 g/mol. The van der Waals surface area contributed by atoms with E-state index in [4.69, 9.17) is 16.3 Å². The number of benzene rings is 1. The molecule has 1 aliphatic heterocycles. The molecular weight excluding hydrogens is 343 g/mol. The lowest BCUT2D eigenvalue weighted by molar-refractivity contribution is -0.00863. The van der Waals surface area contributed by atoms with Crippen LogP contribution in [0.15, 0.2) is 18.2 Å². The van der Waals surface area contributed by atoms with Gasteiger partial charge in [0.2, 0.25) is 0 Å². The third kappa shape index (κ3) is 4.38. The first-order valence-electron chi connectivity index (χ1n) is 8.85. The lowest BCUT2D eigenvalue weighted by Gasteiger charge is -2.52. The van der Waals surface area contributed by atoms with Crippen LogP contribution in [-0.2, 0) is 4.74 Å². The van der Waals surface area contributed by atoms with Crippen LogP contribution in [0.5, 0.6) is 0 Å². The average Bonchev–Trinajstić information content (AvgIpc) is 2.47. The van der Waals surface area contributed by atoms with Gasteiger partial charge in [0, 0.05) is 24.2 Å². The molecule has 25 heavy (non-hydrogen) atoms. The molecule has 2 fully saturated rings. The maximum Gasteiger partial charge on any atom is 0.410 e. The van der Waals surface area contributed by atoms with Gasteiger partial charge in [-0.1, -0.05) is 11.6 Å². The Morgan fingerprint density at radius 2 is 1.96 bits per heavy atom. The van der Waals surface area contributed by atoms with Crippen LogP contribution in [0.2, 0.25) is 5.02 Å². The molecule has 0 aromatic heterocycles. The number of rotatable bonds is 2. The molecule has 1 heterocycles. The SMILES string of the molecule is CC(C)(C)OC(=O)N1CCC2(CC1)CC(Nc1ccc(Cl)cc1F)C2. The Morgan fingerprint density at radius 3 is 2.52 bits per heavy atom. The molecule has 6 heteroatoms. The number of carbonyl (C=O) groups is 1. The van der Waals surface area contributed by atoms with E-state index in [2.05, 4.69) is 5.32 Å². The normalized spacial score (nSPS) is 20.3. The van der Waals surface area contributed by atoms with Crippen molar-refractivity contribution >= 4 is 23.4 Å². The molecule has 1 N–H and O–H groups in total. The Balaban J connectivity index is 1.47. The van der Waals surface area contributed by atoms with Crippen molar-refractivity contribution < 1.29 is 13.9 Å². The minimum Gasteiger partial charge on any atom is -0.444 e. The number of carbonyl (C=O) groups excluding carboxylic acids is 1. The zero-order valence-electron chi connectivity index (χ0n) is 15.1. The van der Waals surface area contributed by atoms with Crippen LogP contribution in [0.4, 0.5) is 14.9 Å². The molecule has 1 saturated heterocycles. The molecule has 1 saturated carbocycles. The predicted molar refractivity (Wildman–Crippen MR) is 97.5 cm³/mol. The van der Waals surface area contributed by atoms with E-state index in [-0.39, 0.29) is 23.4 Å². The van der Waals surface area contributed by atoms with Gasteiger partial charge in [-0.2, -0.15) is 0 Å². The summed E-state index contributed by atoms with van der Waals surface area (Å²) in [4.78, 5) is 13.9. The quantitative estimate of drug-likeness (QED) is 0.792. The third-order valence-corrected chi connectivity index (χ3v) is 5.36. The highest BCUT2D eigenvalue weighted by atomic mass is 35.5. The van der Waals surface area contributed by atoms with E-state index < -0.39 is 5.60 Å². The molecule has 0 unspecified atom stereocenters. The molecule has 1 aromatic carbocycles. The molecule has 1 spiro atoms. The van der Waals surface area contributed by atoms with Gasteiger partial charge in [0.1, 0.15) is 11.4 Å². The fourth-order valence-corrected chi connectivity index (χ4v) is 3.97. The Labute approximate surface area is 153 Å². The summed E-state index contributed by atoms with van der Waals surface area (Å²) in [6.45, 7) is 7.12. The minimum absolute atomic E-state index is 0.223. The van der Waals surface area contributed by atoms with Crippen molar-refractivity contribution in [3.63, 3.8) is 0 Å². The van der Waals surface area contributed by atoms with Crippen molar-refractivity contribution in [3.8, 4) is 0 Å². The van der Waals surface area contributed by atoms with Crippen molar-refractivity contribution in [2.45, 2.75) is 58.1 Å². The molecule has 138 valence electrons. The van der Waals surface area contributed by atoms with Crippen molar-refractivity contribution in [2.24, 2.45) is 5.41 Å². The number of nitrogens with one attached hydrogen (secondary N) is 1. The van der Waals surface area contributed by atoms with E-state index >= 15 is 0 Å². The first-order valence-corrected chi connectivity index (χ1v) is 9.23. The zero-order chi connectivity index (χ0) is 18.2. The summed E-state index contributed by atoms with van der Waals surface area (Å²) in [6, 6.07) is 5.00. The van der Waals surface area contributed by atoms with Crippen LogP contribution in [0.25, 0.3) is 0 Å². The van der Waals surface area contributed by atoms with Crippen LogP contribution in [0.3, 0.4) is 0 Å². The van der Waals surface area contributed by atoms with Gasteiger partial charge in [-0.25, -0.2) is 9.18 Å². The van der Waals surface area contributed by atoms with E-state index in [1.165, 1.54) is 6.07 Å². The lowest BCUT2D eigenvalue weighted by atomic mass is 9.60. The van der Waals surface area contributed by atoms with Gasteiger partial charge in [0.05, 0.1) is 5.69 Å². The minimum atomic E-state index is -0.458. The zero-order valence-corrected chi connectivity index (χ0v) is 15.8. The van der Waals surface area contributed by atoms with Gasteiger partial charge in [-0.05, 0) is 70.1 Å². The molecule has 1 amide bonds. The fraction of sp³-hybridized carbons (Fsp3) is 0.632. The van der Waals surface area contributed by atoms with Gasteiger partial charge >= 0.3 is 6.09 Å². The van der Waals surface area contributed by atoms with Gasteiger partial charge in [0.15, 0.2) is 0 Å². The summed E-state index contributed by atoms with van der Waals surface area (Å²) >= 11 is 5.79. The maximum atomic E-state index is 13.9. The van der Waals surface area contributed by atoms with Crippen molar-refractivity contribution in [1.29, 1.82) is 0 Å². The van der Waals surface area contributed by atoms with Crippen LogP contribution >= 0.6 is 11.6 Å². The van der Waals surface area contributed by atoms with E-state index in [0.717, 1.165) is 38.8 Å². The Bertz CT molecular complexity index is 643. The van der Waals surface area contributed by atoms with Crippen LogP contribution in [-0.4, -0.2) is 35.7 Å². The van der Waals surface area contributed by atoms with Crippen molar-refractivity contribution in [1.82, 2.24) is 4.90 Å². The van der Waals surface area contributed by atoms with E-state index in [1.807, 2.05) is 20.8 Å². The maximum absolute atomic E-state index is 13.9. The highest BCUT2D eigenvalue weighted by molar-refractivity contribution is 6.30. The third-order valence-electron chi connectivity index (χ3n) is 5.13. The molecule has 2 aliphatic rings. The number of likely N-dealkylation sites (tertiary alicyclic amines) is 1. The van der Waals surface area contributed by atoms with E-state index in [1.54, 1.807) is 17.0 Å². The molecular formula is C19H26ClFN2O2. The van der Waals surface area contributed by atoms with Crippen LogP contribution in [0, 0.1) is 11.2 Å². The molecule has 0 atom stereocenters. The molecule has 3 rings (SSSR count). The Morgan fingerprint density at radius 1 is 1.32 bits per heavy atom. The van der Waals surface area contributed by atoms with Crippen LogP contribution < -0.4 is 5.32 Å². The second-order valence-corrected chi connectivity index (χ2v) is 8.78. The summed E-state index contributed by atoms with van der Waals surface area (Å²) in [5, 5.41) is 3.68. The first-order chi connectivity index (χ1) is 11.7. The fourth-order valence-electron chi connectivity index (χ4n) is 3.81. The number of hydrogen-bond donors (Lipinski definition) is 1. The molecule has 1 aromatic rings. The number of nitrogens with zero attached hydrogens (tertiary/aromatic N) is 1. The molecule has 1 aliphatic carbocycles. The standard InChI is InChI=1S/C19H26ClFN2O2/c1-18(2,3)25-17(24)23-8-6-19(7-9-23)11-14(12-19)22-16-5-4-13(20)10-15(16)21/h4-5,10,14,22H,6-9,11-12H2,1-3H3. The second kappa shape index (κ2) is 6.67. The first kappa shape index (κ1) is 18.3. The molecule has 0 bridgehead atoms. The van der Waals surface area contributed by atoms with E-state index in [9.17, 15) is 9.18 Å². The number of amides is 1. The number of hydrogen-bond acceptors (Lipinski definition) is 3. The van der Waals surface area contributed by atoms with Crippen molar-refractivity contribution in [2.75, 3.05) is 18.4 Å². The van der Waals surface area contributed by atoms with Crippen molar-refractivity contribution in [3.05, 3.63) is 29.0 Å². The Kier molecular flexibility index (Phi) is 4.89. The number of halogens is 2. The second-order valence-electron chi connectivity index (χ2n) is 8.34. The topological polar surface area (TPSA) is 41.6 Å². The Hall–Kier alpha value is -1.49. The number of anilines is 1. The highest BCUT2D eigenvalue weighted by Crippen LogP contribution is 2.50. The summed E-state index contributed by atoms with van der Waals surface area (Å²) in [5.41, 5.74) is 0.329. The summed E-state index contributed by atoms with van der Waals surface area (Å²) in [7, 11) is 0. The van der Waals surface area contributed by atoms with Gasteiger partial charge < -0.3 is 15.0 Å². The average molecular weight is 369 g/mol. The summed E-state index contributed by atoms with van der Waals surface area (Å²) in [5.74, 6) is -0.312. The molecule has 0 radical (unpaired) electrons. The number of piperidine rings is 1. The van der Waals surface area contributed by atoms with Gasteiger partial charge in [-0.15, -0.1) is 0 Å². The van der Waals surface area contributed by atoms with E-state index in [0.29, 0.717) is 10.7 Å². The summed E-state index contributed by atoms with van der Waals surface area (Å²) in [6.07, 6.45) is 3.76. The van der Waals surface area contributed by atoms with Gasteiger partial charge in [0.25, 0.3) is 0 Å². The largest absolute Gasteiger partial charge is 0.444 e. The lowest BCUT2D eigenvalue weighted by Crippen LogP contribution is -2.53. The predicted octanol–water partition coefficient (Wildman–Crippen LogP) is 5.07. The smallest absolute Gasteiger partial charge is 0.410 e. The number of ether oxygens (including phenoxy) is 1.